The van der Waals surface area contributed by atoms with Crippen molar-refractivity contribution in [3.63, 3.8) is 0 Å². The quantitative estimate of drug-likeness (QED) is 0.181. The first kappa shape index (κ1) is 33.6. The number of para-hydroxylation sites is 1. The van der Waals surface area contributed by atoms with Crippen molar-refractivity contribution >= 4 is 61.5 Å². The molecule has 2 heterocycles. The van der Waals surface area contributed by atoms with Crippen molar-refractivity contribution in [2.75, 3.05) is 4.90 Å². The van der Waals surface area contributed by atoms with E-state index in [1.54, 1.807) is 0 Å². The molecule has 0 bridgehead atoms. The molecular formula is C49H45ClN2O. The summed E-state index contributed by atoms with van der Waals surface area (Å²) in [6.07, 6.45) is 0. The lowest BCUT2D eigenvalue weighted by molar-refractivity contribution is 0.589. The van der Waals surface area contributed by atoms with Crippen LogP contribution in [-0.4, -0.2) is 4.57 Å². The molecule has 53 heavy (non-hydrogen) atoms. The molecule has 8 aromatic rings. The van der Waals surface area contributed by atoms with Crippen molar-refractivity contribution in [2.24, 2.45) is 0 Å². The highest BCUT2D eigenvalue weighted by Crippen LogP contribution is 2.55. The topological polar surface area (TPSA) is 21.3 Å². The molecular weight excluding hydrogens is 668 g/mol. The smallest absolute Gasteiger partial charge is 0.137 e. The highest BCUT2D eigenvalue weighted by Gasteiger charge is 2.41. The molecule has 0 unspecified atom stereocenters. The third kappa shape index (κ3) is 5.23. The monoisotopic (exact) mass is 712 g/mol. The number of aromatic nitrogens is 1. The highest BCUT2D eigenvalue weighted by molar-refractivity contribution is 6.31. The van der Waals surface area contributed by atoms with E-state index >= 15 is 0 Å². The molecule has 0 saturated carbocycles. The zero-order valence-electron chi connectivity index (χ0n) is 31.8. The fourth-order valence-corrected chi connectivity index (χ4v) is 8.74. The maximum atomic E-state index is 6.77. The Kier molecular flexibility index (Phi) is 7.36. The predicted molar refractivity (Wildman–Crippen MR) is 225 cm³/mol. The number of rotatable bonds is 4. The van der Waals surface area contributed by atoms with Crippen molar-refractivity contribution in [1.29, 1.82) is 0 Å². The summed E-state index contributed by atoms with van der Waals surface area (Å²) in [7, 11) is 0. The number of nitrogens with zero attached hydrogens (tertiary/aromatic N) is 2. The minimum absolute atomic E-state index is 0.0217. The van der Waals surface area contributed by atoms with E-state index in [0.717, 1.165) is 44.7 Å². The largest absolute Gasteiger partial charge is 0.456 e. The maximum absolute atomic E-state index is 6.77. The summed E-state index contributed by atoms with van der Waals surface area (Å²) < 4.78 is 8.96. The van der Waals surface area contributed by atoms with Crippen LogP contribution in [0.15, 0.2) is 132 Å². The van der Waals surface area contributed by atoms with E-state index in [-0.39, 0.29) is 16.2 Å². The van der Waals surface area contributed by atoms with Gasteiger partial charge in [-0.2, -0.15) is 0 Å². The normalized spacial score (nSPS) is 13.9. The van der Waals surface area contributed by atoms with E-state index < -0.39 is 0 Å². The van der Waals surface area contributed by atoms with Crippen LogP contribution in [0.1, 0.15) is 77.6 Å². The van der Waals surface area contributed by atoms with Gasteiger partial charge in [-0.05, 0) is 99.8 Å². The van der Waals surface area contributed by atoms with Gasteiger partial charge in [-0.3, -0.25) is 0 Å². The Morgan fingerprint density at radius 3 is 2.11 bits per heavy atom. The molecule has 0 radical (unpaired) electrons. The van der Waals surface area contributed by atoms with Gasteiger partial charge in [0.2, 0.25) is 0 Å². The van der Waals surface area contributed by atoms with Crippen LogP contribution in [0.5, 0.6) is 0 Å². The summed E-state index contributed by atoms with van der Waals surface area (Å²) in [6.45, 7) is 18.6. The van der Waals surface area contributed by atoms with E-state index in [9.17, 15) is 0 Å². The molecule has 0 aliphatic heterocycles. The van der Waals surface area contributed by atoms with Gasteiger partial charge in [0, 0.05) is 43.8 Å². The molecule has 2 aromatic heterocycles. The molecule has 0 atom stereocenters. The van der Waals surface area contributed by atoms with Crippen LogP contribution in [0.25, 0.3) is 49.8 Å². The summed E-state index contributed by atoms with van der Waals surface area (Å²) in [6, 6.07) is 46.1. The number of furan rings is 1. The molecule has 4 heteroatoms. The number of fused-ring (bicyclic) bond motifs is 8. The Balaban J connectivity index is 1.40. The fourth-order valence-electron chi connectivity index (χ4n) is 8.55. The summed E-state index contributed by atoms with van der Waals surface area (Å²) in [5, 5.41) is 4.16. The fraction of sp³-hybridized carbons (Fsp3) is 0.224. The van der Waals surface area contributed by atoms with Gasteiger partial charge < -0.3 is 13.9 Å². The van der Waals surface area contributed by atoms with Crippen molar-refractivity contribution in [1.82, 2.24) is 4.57 Å². The molecule has 0 amide bonds. The van der Waals surface area contributed by atoms with E-state index in [2.05, 4.69) is 168 Å². The SMILES string of the molecule is CC(C)(C)c1cc(N(c2cccc(Cl)c2)c2cccc3oc4ccccc4c23)cc(-n2c3c(c4cc(C(C)(C)C)ccc42)C(C)(C)c2ccccc2-3)c1. The summed E-state index contributed by atoms with van der Waals surface area (Å²) >= 11 is 6.77. The second-order valence-electron chi connectivity index (χ2n) is 17.3. The first-order valence-corrected chi connectivity index (χ1v) is 19.0. The average molecular weight is 713 g/mol. The van der Waals surface area contributed by atoms with Crippen LogP contribution in [0, 0.1) is 0 Å². The Morgan fingerprint density at radius 1 is 0.623 bits per heavy atom. The first-order chi connectivity index (χ1) is 25.2. The minimum atomic E-state index is -0.165. The molecule has 9 rings (SSSR count). The van der Waals surface area contributed by atoms with Gasteiger partial charge in [-0.15, -0.1) is 0 Å². The van der Waals surface area contributed by atoms with Crippen molar-refractivity contribution in [2.45, 2.75) is 71.6 Å². The average Bonchev–Trinajstić information content (AvgIpc) is 3.74. The van der Waals surface area contributed by atoms with Crippen LogP contribution >= 0.6 is 11.6 Å². The number of hydrogen-bond donors (Lipinski definition) is 0. The van der Waals surface area contributed by atoms with Gasteiger partial charge in [-0.1, -0.05) is 128 Å². The minimum Gasteiger partial charge on any atom is -0.456 e. The third-order valence-corrected chi connectivity index (χ3v) is 11.5. The lowest BCUT2D eigenvalue weighted by Crippen LogP contribution is -2.16. The van der Waals surface area contributed by atoms with E-state index in [1.807, 2.05) is 24.3 Å². The molecule has 0 N–H and O–H groups in total. The Labute approximate surface area is 317 Å². The third-order valence-electron chi connectivity index (χ3n) is 11.3. The van der Waals surface area contributed by atoms with E-state index in [1.165, 1.54) is 44.4 Å². The van der Waals surface area contributed by atoms with Crippen LogP contribution in [0.3, 0.4) is 0 Å². The van der Waals surface area contributed by atoms with Crippen molar-refractivity contribution < 1.29 is 4.42 Å². The van der Waals surface area contributed by atoms with Gasteiger partial charge in [-0.25, -0.2) is 0 Å². The number of anilines is 3. The van der Waals surface area contributed by atoms with Crippen molar-refractivity contribution in [3.8, 4) is 16.9 Å². The van der Waals surface area contributed by atoms with Gasteiger partial charge in [0.1, 0.15) is 11.2 Å². The van der Waals surface area contributed by atoms with E-state index in [0.29, 0.717) is 5.02 Å². The standard InChI is InChI=1S/C49H45ClN2O/c1-47(2,3)30-23-24-40-38(27-30)45-46(36-17-9-11-19-39(36)49(45,7)8)52(40)35-26-31(48(4,5)6)25-34(29-35)51(33-16-13-15-32(50)28-33)41-20-14-22-43-44(41)37-18-10-12-21-42(37)53-43/h9-29H,1-8H3. The summed E-state index contributed by atoms with van der Waals surface area (Å²) in [5.41, 5.74) is 14.8. The van der Waals surface area contributed by atoms with Crippen LogP contribution < -0.4 is 4.90 Å². The molecule has 6 aromatic carbocycles. The molecule has 1 aliphatic carbocycles. The lowest BCUT2D eigenvalue weighted by Gasteiger charge is -2.30. The van der Waals surface area contributed by atoms with E-state index in [4.69, 9.17) is 16.0 Å². The lowest BCUT2D eigenvalue weighted by atomic mass is 9.80. The highest BCUT2D eigenvalue weighted by atomic mass is 35.5. The van der Waals surface area contributed by atoms with Crippen LogP contribution in [-0.2, 0) is 16.2 Å². The zero-order valence-corrected chi connectivity index (χ0v) is 32.6. The molecule has 0 saturated heterocycles. The molecule has 3 nitrogen and oxygen atoms in total. The molecule has 1 aliphatic rings. The first-order valence-electron chi connectivity index (χ1n) is 18.6. The Bertz CT molecular complexity index is 2750. The zero-order chi connectivity index (χ0) is 37.0. The molecule has 0 spiro atoms. The second kappa shape index (κ2) is 11.6. The predicted octanol–water partition coefficient (Wildman–Crippen LogP) is 14.6. The summed E-state index contributed by atoms with van der Waals surface area (Å²) in [5.74, 6) is 0. The van der Waals surface area contributed by atoms with Gasteiger partial charge in [0.15, 0.2) is 0 Å². The number of hydrogen-bond acceptors (Lipinski definition) is 2. The van der Waals surface area contributed by atoms with Crippen LogP contribution in [0.2, 0.25) is 5.02 Å². The maximum Gasteiger partial charge on any atom is 0.137 e. The number of halogens is 1. The van der Waals surface area contributed by atoms with Gasteiger partial charge in [0.05, 0.1) is 22.3 Å². The Hall–Kier alpha value is -5.25. The van der Waals surface area contributed by atoms with Gasteiger partial charge in [0.25, 0.3) is 0 Å². The van der Waals surface area contributed by atoms with Crippen LogP contribution in [0.4, 0.5) is 17.1 Å². The summed E-state index contributed by atoms with van der Waals surface area (Å²) in [4.78, 5) is 2.36. The van der Waals surface area contributed by atoms with Gasteiger partial charge >= 0.3 is 0 Å². The Morgan fingerprint density at radius 2 is 1.34 bits per heavy atom. The van der Waals surface area contributed by atoms with Crippen molar-refractivity contribution in [3.05, 3.63) is 155 Å². The molecule has 264 valence electrons. The number of benzene rings is 6. The molecule has 0 fully saturated rings. The second-order valence-corrected chi connectivity index (χ2v) is 17.7.